The molecule has 0 aromatic heterocycles. The van der Waals surface area contributed by atoms with Crippen LogP contribution in [0.25, 0.3) is 0 Å². The summed E-state index contributed by atoms with van der Waals surface area (Å²) in [6, 6.07) is 15.5. The Balaban J connectivity index is 1.39. The van der Waals surface area contributed by atoms with Crippen LogP contribution in [-0.2, 0) is 17.9 Å². The van der Waals surface area contributed by atoms with Crippen LogP contribution in [0.4, 0.5) is 4.79 Å². The summed E-state index contributed by atoms with van der Waals surface area (Å²) in [5, 5.41) is 3.72. The van der Waals surface area contributed by atoms with Gasteiger partial charge < -0.3 is 5.32 Å². The molecule has 2 aromatic rings. The number of aryl methyl sites for hydroxylation is 1. The molecule has 0 unspecified atom stereocenters. The summed E-state index contributed by atoms with van der Waals surface area (Å²) >= 11 is 5.95. The monoisotopic (exact) mass is 397 g/mol. The van der Waals surface area contributed by atoms with E-state index >= 15 is 0 Å². The van der Waals surface area contributed by atoms with Crippen LogP contribution >= 0.6 is 11.6 Å². The maximum atomic E-state index is 13.1. The van der Waals surface area contributed by atoms with Crippen LogP contribution in [-0.4, -0.2) is 40.4 Å². The van der Waals surface area contributed by atoms with Crippen LogP contribution < -0.4 is 5.32 Å². The molecule has 2 heterocycles. The van der Waals surface area contributed by atoms with Gasteiger partial charge in [-0.3, -0.25) is 14.6 Å². The van der Waals surface area contributed by atoms with E-state index in [2.05, 4.69) is 10.2 Å². The van der Waals surface area contributed by atoms with Crippen molar-refractivity contribution in [2.45, 2.75) is 38.4 Å². The van der Waals surface area contributed by atoms with Gasteiger partial charge in [0.25, 0.3) is 5.91 Å². The zero-order chi connectivity index (χ0) is 19.7. The summed E-state index contributed by atoms with van der Waals surface area (Å²) in [5.41, 5.74) is 2.57. The zero-order valence-corrected chi connectivity index (χ0v) is 16.7. The third kappa shape index (κ3) is 3.77. The Morgan fingerprint density at radius 2 is 1.50 bits per heavy atom. The van der Waals surface area contributed by atoms with Gasteiger partial charge in [-0.2, -0.15) is 0 Å². The molecule has 4 rings (SSSR count). The third-order valence-corrected chi connectivity index (χ3v) is 5.99. The van der Waals surface area contributed by atoms with Crippen molar-refractivity contribution in [3.8, 4) is 0 Å². The fourth-order valence-electron chi connectivity index (χ4n) is 3.98. The van der Waals surface area contributed by atoms with Crippen molar-refractivity contribution in [1.82, 2.24) is 15.1 Å². The Labute approximate surface area is 170 Å². The molecule has 2 saturated heterocycles. The minimum Gasteiger partial charge on any atom is -0.323 e. The van der Waals surface area contributed by atoms with Crippen LogP contribution in [0.3, 0.4) is 0 Å². The molecule has 0 bridgehead atoms. The van der Waals surface area contributed by atoms with Gasteiger partial charge in [0.05, 0.1) is 6.54 Å². The largest absolute Gasteiger partial charge is 0.325 e. The molecule has 2 fully saturated rings. The maximum absolute atomic E-state index is 13.1. The van der Waals surface area contributed by atoms with Gasteiger partial charge in [0.1, 0.15) is 5.54 Å². The second-order valence-corrected chi connectivity index (χ2v) is 8.23. The lowest BCUT2D eigenvalue weighted by Crippen LogP contribution is -2.54. The van der Waals surface area contributed by atoms with Crippen molar-refractivity contribution in [2.75, 3.05) is 13.1 Å². The van der Waals surface area contributed by atoms with E-state index in [0.717, 1.165) is 35.8 Å². The highest BCUT2D eigenvalue weighted by Crippen LogP contribution is 2.31. The van der Waals surface area contributed by atoms with Crippen molar-refractivity contribution in [1.29, 1.82) is 0 Å². The number of hydrogen-bond acceptors (Lipinski definition) is 3. The molecular formula is C22H24ClN3O2. The van der Waals surface area contributed by atoms with Gasteiger partial charge >= 0.3 is 6.03 Å². The van der Waals surface area contributed by atoms with Crippen LogP contribution in [0, 0.1) is 6.92 Å². The molecule has 0 radical (unpaired) electrons. The molecule has 0 saturated carbocycles. The van der Waals surface area contributed by atoms with Crippen LogP contribution in [0.5, 0.6) is 0 Å². The first-order valence-electron chi connectivity index (χ1n) is 9.62. The highest BCUT2D eigenvalue weighted by molar-refractivity contribution is 6.30. The first-order chi connectivity index (χ1) is 13.4. The number of imide groups is 1. The molecule has 2 aliphatic heterocycles. The van der Waals surface area contributed by atoms with Gasteiger partial charge in [0.15, 0.2) is 0 Å². The summed E-state index contributed by atoms with van der Waals surface area (Å²) < 4.78 is 0. The predicted octanol–water partition coefficient (Wildman–Crippen LogP) is 3.74. The minimum atomic E-state index is -0.752. The second kappa shape index (κ2) is 7.57. The third-order valence-electron chi connectivity index (χ3n) is 5.74. The zero-order valence-electron chi connectivity index (χ0n) is 16.0. The van der Waals surface area contributed by atoms with E-state index in [0.29, 0.717) is 19.4 Å². The lowest BCUT2D eigenvalue weighted by atomic mass is 9.87. The quantitative estimate of drug-likeness (QED) is 0.799. The number of nitrogens with zero attached hydrogens (tertiary/aromatic N) is 2. The second-order valence-electron chi connectivity index (χ2n) is 7.79. The number of halogens is 1. The van der Waals surface area contributed by atoms with Gasteiger partial charge in [-0.15, -0.1) is 0 Å². The van der Waals surface area contributed by atoms with E-state index in [-0.39, 0.29) is 11.9 Å². The lowest BCUT2D eigenvalue weighted by Gasteiger charge is -2.37. The summed E-state index contributed by atoms with van der Waals surface area (Å²) in [6.45, 7) is 4.70. The molecular weight excluding hydrogens is 374 g/mol. The SMILES string of the molecule is Cc1ccc(CN2C(=O)NC3(CCN(Cc4ccc(Cl)cc4)CC3)C2=O)cc1. The van der Waals surface area contributed by atoms with E-state index < -0.39 is 5.54 Å². The van der Waals surface area contributed by atoms with E-state index in [9.17, 15) is 9.59 Å². The number of carbonyl (C=O) groups excluding carboxylic acids is 2. The molecule has 146 valence electrons. The molecule has 1 N–H and O–H groups in total. The van der Waals surface area contributed by atoms with Crippen molar-refractivity contribution in [2.24, 2.45) is 0 Å². The topological polar surface area (TPSA) is 52.7 Å². The number of piperidine rings is 1. The Bertz CT molecular complexity index is 872. The average Bonchev–Trinajstić information content (AvgIpc) is 2.91. The summed E-state index contributed by atoms with van der Waals surface area (Å²) in [7, 11) is 0. The number of hydrogen-bond donors (Lipinski definition) is 1. The fraction of sp³-hybridized carbons (Fsp3) is 0.364. The van der Waals surface area contributed by atoms with Gasteiger partial charge in [0, 0.05) is 24.7 Å². The average molecular weight is 398 g/mol. The standard InChI is InChI=1S/C22H24ClN3O2/c1-16-2-4-18(5-3-16)15-26-20(27)22(24-21(26)28)10-12-25(13-11-22)14-17-6-8-19(23)9-7-17/h2-9H,10-15H2,1H3,(H,24,28). The number of urea groups is 1. The Morgan fingerprint density at radius 1 is 0.929 bits per heavy atom. The summed E-state index contributed by atoms with van der Waals surface area (Å²) in [4.78, 5) is 29.3. The lowest BCUT2D eigenvalue weighted by molar-refractivity contribution is -0.133. The van der Waals surface area contributed by atoms with Crippen LogP contribution in [0.2, 0.25) is 5.02 Å². The minimum absolute atomic E-state index is 0.0933. The summed E-state index contributed by atoms with van der Waals surface area (Å²) in [6.07, 6.45) is 1.27. The van der Waals surface area contributed by atoms with E-state index in [1.165, 1.54) is 10.5 Å². The molecule has 5 nitrogen and oxygen atoms in total. The molecule has 0 atom stereocenters. The Kier molecular flexibility index (Phi) is 5.13. The molecule has 1 spiro atoms. The Morgan fingerprint density at radius 3 is 2.14 bits per heavy atom. The van der Waals surface area contributed by atoms with Crippen molar-refractivity contribution in [3.63, 3.8) is 0 Å². The molecule has 0 aliphatic carbocycles. The van der Waals surface area contributed by atoms with Gasteiger partial charge in [-0.25, -0.2) is 4.79 Å². The molecule has 2 aliphatic rings. The number of rotatable bonds is 4. The van der Waals surface area contributed by atoms with Gasteiger partial charge in [-0.1, -0.05) is 53.6 Å². The summed E-state index contributed by atoms with van der Waals surface area (Å²) in [5.74, 6) is -0.0933. The smallest absolute Gasteiger partial charge is 0.323 e. The first kappa shape index (κ1) is 19.0. The molecule has 3 amide bonds. The van der Waals surface area contributed by atoms with E-state index in [4.69, 9.17) is 11.6 Å². The highest BCUT2D eigenvalue weighted by atomic mass is 35.5. The highest BCUT2D eigenvalue weighted by Gasteiger charge is 2.52. The van der Waals surface area contributed by atoms with E-state index in [1.54, 1.807) is 0 Å². The van der Waals surface area contributed by atoms with Crippen molar-refractivity contribution < 1.29 is 9.59 Å². The number of likely N-dealkylation sites (tertiary alicyclic amines) is 1. The maximum Gasteiger partial charge on any atom is 0.325 e. The number of benzene rings is 2. The molecule has 2 aromatic carbocycles. The molecule has 28 heavy (non-hydrogen) atoms. The molecule has 6 heteroatoms. The number of nitrogens with one attached hydrogen (secondary N) is 1. The number of amides is 3. The van der Waals surface area contributed by atoms with Crippen LogP contribution in [0.15, 0.2) is 48.5 Å². The van der Waals surface area contributed by atoms with Crippen molar-refractivity contribution in [3.05, 3.63) is 70.2 Å². The predicted molar refractivity (Wildman–Crippen MR) is 109 cm³/mol. The Hall–Kier alpha value is -2.37. The van der Waals surface area contributed by atoms with Gasteiger partial charge in [0.2, 0.25) is 0 Å². The van der Waals surface area contributed by atoms with Crippen LogP contribution in [0.1, 0.15) is 29.5 Å². The normalized spacial score (nSPS) is 19.3. The van der Waals surface area contributed by atoms with Gasteiger partial charge in [-0.05, 0) is 43.0 Å². The fourth-order valence-corrected chi connectivity index (χ4v) is 4.10. The van der Waals surface area contributed by atoms with Crippen molar-refractivity contribution >= 4 is 23.5 Å². The van der Waals surface area contributed by atoms with E-state index in [1.807, 2.05) is 55.5 Å². The number of carbonyl (C=O) groups is 2. The first-order valence-corrected chi connectivity index (χ1v) is 9.99.